The van der Waals surface area contributed by atoms with Crippen LogP contribution in [-0.2, 0) is 23.8 Å². The van der Waals surface area contributed by atoms with Crippen LogP contribution in [0.5, 0.6) is 0 Å². The largest absolute Gasteiger partial charge is 0.481 e. The number of aliphatic carboxylic acids is 1. The summed E-state index contributed by atoms with van der Waals surface area (Å²) in [4.78, 5) is 26.1. The highest BCUT2D eigenvalue weighted by Crippen LogP contribution is 2.76. The number of hydrogen-bond donors (Lipinski definition) is 6. The van der Waals surface area contributed by atoms with Crippen LogP contribution >= 0.6 is 0 Å². The lowest BCUT2D eigenvalue weighted by molar-refractivity contribution is -0.333. The summed E-state index contributed by atoms with van der Waals surface area (Å²) >= 11 is 0. The maximum atomic E-state index is 13.1. The first-order valence-electron chi connectivity index (χ1n) is 18.0. The van der Waals surface area contributed by atoms with E-state index in [2.05, 4.69) is 26.8 Å². The number of carbonyl (C=O) groups excluding carboxylic acids is 1. The molecule has 11 heteroatoms. The van der Waals surface area contributed by atoms with Crippen LogP contribution in [0, 0.1) is 50.2 Å². The van der Waals surface area contributed by atoms with Gasteiger partial charge in [-0.2, -0.15) is 0 Å². The SMILES string of the molecule is COC(=O)[C@@]1(C)CC[C@]2(C(=O)O)CC[C@]3(C)C(=CC[C@@H]4[C@@]5(C)CC[C@H](O[C@@H]6O[C@H](CO)[C@@H](O)[C@H](O)[C@H]6O)[C@@](C)(CO)[C@@H]5CC[C@]43C)[C@@H]2C1. The lowest BCUT2D eigenvalue weighted by Gasteiger charge is -2.71. The van der Waals surface area contributed by atoms with E-state index in [4.69, 9.17) is 14.2 Å². The van der Waals surface area contributed by atoms with E-state index in [9.17, 15) is 40.2 Å². The van der Waals surface area contributed by atoms with Gasteiger partial charge >= 0.3 is 11.9 Å². The van der Waals surface area contributed by atoms with Gasteiger partial charge < -0.3 is 44.8 Å². The number of allylic oxidation sites excluding steroid dienone is 2. The highest BCUT2D eigenvalue weighted by Gasteiger charge is 2.70. The molecule has 1 heterocycles. The molecule has 48 heavy (non-hydrogen) atoms. The predicted octanol–water partition coefficient (Wildman–Crippen LogP) is 3.18. The van der Waals surface area contributed by atoms with Crippen molar-refractivity contribution in [1.29, 1.82) is 0 Å². The number of aliphatic hydroxyl groups is 5. The fraction of sp³-hybridized carbons (Fsp3) is 0.892. The molecule has 6 rings (SSSR count). The molecule has 1 aliphatic heterocycles. The van der Waals surface area contributed by atoms with E-state index in [0.717, 1.165) is 32.1 Å². The molecule has 272 valence electrons. The lowest BCUT2D eigenvalue weighted by Crippen LogP contribution is -2.67. The summed E-state index contributed by atoms with van der Waals surface area (Å²) in [5, 5.41) is 62.9. The number of carboxylic acid groups (broad SMARTS) is 1. The van der Waals surface area contributed by atoms with Crippen molar-refractivity contribution in [2.75, 3.05) is 20.3 Å². The predicted molar refractivity (Wildman–Crippen MR) is 173 cm³/mol. The molecule has 11 nitrogen and oxygen atoms in total. The van der Waals surface area contributed by atoms with Gasteiger partial charge in [0.05, 0.1) is 37.3 Å². The van der Waals surface area contributed by atoms with E-state index >= 15 is 0 Å². The van der Waals surface area contributed by atoms with Gasteiger partial charge in [0, 0.05) is 5.41 Å². The minimum absolute atomic E-state index is 0.0641. The van der Waals surface area contributed by atoms with E-state index in [-0.39, 0.29) is 46.6 Å². The topological polar surface area (TPSA) is 183 Å². The molecule has 0 aromatic heterocycles. The molecule has 0 aromatic rings. The average Bonchev–Trinajstić information content (AvgIpc) is 3.05. The molecule has 5 aliphatic carbocycles. The second kappa shape index (κ2) is 12.0. The number of aliphatic hydroxyl groups excluding tert-OH is 5. The molecular formula is C37H58O11. The first kappa shape index (κ1) is 36.2. The molecule has 0 bridgehead atoms. The third-order valence-electron chi connectivity index (χ3n) is 15.7. The number of ether oxygens (including phenoxy) is 3. The molecular weight excluding hydrogens is 620 g/mol. The molecule has 0 radical (unpaired) electrons. The molecule has 4 saturated carbocycles. The normalized spacial score (nSPS) is 53.3. The van der Waals surface area contributed by atoms with E-state index in [1.807, 2.05) is 13.8 Å². The fourth-order valence-electron chi connectivity index (χ4n) is 12.5. The molecule has 0 amide bonds. The van der Waals surface area contributed by atoms with Crippen LogP contribution in [0.3, 0.4) is 0 Å². The molecule has 0 unspecified atom stereocenters. The van der Waals surface area contributed by atoms with Gasteiger partial charge in [0.15, 0.2) is 6.29 Å². The standard InChI is InChI=1S/C37H58O11/c1-32(31(45)46-6)13-15-37(30(43)44)16-14-35(4)20(21(37)17-32)7-8-24-33(2)11-10-25(34(3,19-39)23(33)9-12-36(24,35)5)48-29-28(42)27(41)26(40)22(18-38)47-29/h7,21-29,38-42H,8-19H2,1-6H3,(H,43,44)/t21-,22+,23+,24+,25-,26+,27-,28+,29-,32-,33-,34-,35+,36+,37-/m0/s1. The number of rotatable bonds is 6. The summed E-state index contributed by atoms with van der Waals surface area (Å²) in [7, 11) is 1.41. The third-order valence-corrected chi connectivity index (χ3v) is 15.7. The summed E-state index contributed by atoms with van der Waals surface area (Å²) in [6.07, 6.45) is 1.60. The second-order valence-corrected chi connectivity index (χ2v) is 17.6. The van der Waals surface area contributed by atoms with Crippen molar-refractivity contribution in [2.24, 2.45) is 50.2 Å². The number of hydrogen-bond acceptors (Lipinski definition) is 10. The van der Waals surface area contributed by atoms with Gasteiger partial charge in [0.25, 0.3) is 0 Å². The third kappa shape index (κ3) is 4.77. The quantitative estimate of drug-likeness (QED) is 0.138. The average molecular weight is 679 g/mol. The molecule has 1 saturated heterocycles. The first-order chi connectivity index (χ1) is 22.4. The minimum Gasteiger partial charge on any atom is -0.481 e. The van der Waals surface area contributed by atoms with Crippen molar-refractivity contribution in [1.82, 2.24) is 0 Å². The Bertz CT molecular complexity index is 1320. The lowest BCUT2D eigenvalue weighted by atomic mass is 9.33. The summed E-state index contributed by atoms with van der Waals surface area (Å²) in [6.45, 7) is 10.4. The molecule has 6 N–H and O–H groups in total. The zero-order chi connectivity index (χ0) is 35.2. The van der Waals surface area contributed by atoms with Crippen molar-refractivity contribution in [3.05, 3.63) is 11.6 Å². The highest BCUT2D eigenvalue weighted by molar-refractivity contribution is 5.80. The Balaban J connectivity index is 1.32. The monoisotopic (exact) mass is 678 g/mol. The van der Waals surface area contributed by atoms with Crippen molar-refractivity contribution < 1.29 is 54.4 Å². The second-order valence-electron chi connectivity index (χ2n) is 17.6. The maximum absolute atomic E-state index is 13.1. The molecule has 0 spiro atoms. The Morgan fingerprint density at radius 3 is 2.21 bits per heavy atom. The minimum atomic E-state index is -1.54. The first-order valence-corrected chi connectivity index (χ1v) is 18.0. The van der Waals surface area contributed by atoms with Crippen molar-refractivity contribution in [2.45, 2.75) is 136 Å². The van der Waals surface area contributed by atoms with E-state index < -0.39 is 65.6 Å². The van der Waals surface area contributed by atoms with Crippen LogP contribution in [0.15, 0.2) is 11.6 Å². The Kier molecular flexibility index (Phi) is 9.04. The summed E-state index contributed by atoms with van der Waals surface area (Å²) in [6, 6.07) is 0. The van der Waals surface area contributed by atoms with Gasteiger partial charge in [0.1, 0.15) is 24.4 Å². The molecule has 6 aliphatic rings. The summed E-state index contributed by atoms with van der Waals surface area (Å²) in [5.41, 5.74) is -1.71. The van der Waals surface area contributed by atoms with Crippen LogP contribution < -0.4 is 0 Å². The Morgan fingerprint density at radius 2 is 1.58 bits per heavy atom. The zero-order valence-electron chi connectivity index (χ0n) is 29.5. The maximum Gasteiger partial charge on any atom is 0.311 e. The van der Waals surface area contributed by atoms with Crippen molar-refractivity contribution in [3.8, 4) is 0 Å². The Morgan fingerprint density at radius 1 is 0.896 bits per heavy atom. The van der Waals surface area contributed by atoms with Crippen LogP contribution in [0.1, 0.15) is 98.8 Å². The van der Waals surface area contributed by atoms with Crippen LogP contribution in [0.2, 0.25) is 0 Å². The van der Waals surface area contributed by atoms with Gasteiger partial charge in [-0.3, -0.25) is 9.59 Å². The molecule has 5 fully saturated rings. The molecule has 0 aromatic carbocycles. The number of esters is 1. The van der Waals surface area contributed by atoms with Crippen molar-refractivity contribution >= 4 is 11.9 Å². The van der Waals surface area contributed by atoms with Crippen LogP contribution in [0.4, 0.5) is 0 Å². The Labute approximate surface area is 284 Å². The van der Waals surface area contributed by atoms with Crippen LogP contribution in [-0.4, -0.2) is 99.7 Å². The van der Waals surface area contributed by atoms with Crippen LogP contribution in [0.25, 0.3) is 0 Å². The van der Waals surface area contributed by atoms with E-state index in [1.54, 1.807) is 0 Å². The molecule has 15 atom stereocenters. The number of methoxy groups -OCH3 is 1. The van der Waals surface area contributed by atoms with Crippen molar-refractivity contribution in [3.63, 3.8) is 0 Å². The van der Waals surface area contributed by atoms with Gasteiger partial charge in [-0.05, 0) is 105 Å². The number of carboxylic acids is 1. The number of fused-ring (bicyclic) bond motifs is 7. The Hall–Kier alpha value is -1.60. The van der Waals surface area contributed by atoms with Gasteiger partial charge in [-0.1, -0.05) is 39.3 Å². The van der Waals surface area contributed by atoms with Gasteiger partial charge in [0.2, 0.25) is 0 Å². The summed E-state index contributed by atoms with van der Waals surface area (Å²) in [5.74, 6) is -0.964. The van der Waals surface area contributed by atoms with Gasteiger partial charge in [-0.15, -0.1) is 0 Å². The smallest absolute Gasteiger partial charge is 0.311 e. The number of carbonyl (C=O) groups is 2. The summed E-state index contributed by atoms with van der Waals surface area (Å²) < 4.78 is 17.3. The van der Waals surface area contributed by atoms with E-state index in [1.165, 1.54) is 12.7 Å². The van der Waals surface area contributed by atoms with E-state index in [0.29, 0.717) is 32.1 Å². The highest BCUT2D eigenvalue weighted by atomic mass is 16.7. The zero-order valence-corrected chi connectivity index (χ0v) is 29.5. The fourth-order valence-corrected chi connectivity index (χ4v) is 12.5. The van der Waals surface area contributed by atoms with Gasteiger partial charge in [-0.25, -0.2) is 0 Å².